The Morgan fingerprint density at radius 3 is 2.75 bits per heavy atom. The smallest absolute Gasteiger partial charge is 0.175 e. The molecule has 0 bridgehead atoms. The van der Waals surface area contributed by atoms with Crippen LogP contribution in [0.5, 0.6) is 0 Å². The molecule has 0 fully saturated rings. The van der Waals surface area contributed by atoms with Gasteiger partial charge in [-0.2, -0.15) is 0 Å². The Kier molecular flexibility index (Phi) is 3.59. The van der Waals surface area contributed by atoms with E-state index in [2.05, 4.69) is 55.7 Å². The lowest BCUT2D eigenvalue weighted by Gasteiger charge is -2.26. The molecule has 1 aliphatic rings. The summed E-state index contributed by atoms with van der Waals surface area (Å²) in [4.78, 5) is 22.1. The van der Waals surface area contributed by atoms with Gasteiger partial charge in [0.1, 0.15) is 10.7 Å². The van der Waals surface area contributed by atoms with E-state index in [0.717, 1.165) is 36.6 Å². The second-order valence-electron chi connectivity index (χ2n) is 5.72. The molecule has 3 rings (SSSR count). The molecule has 2 aromatic rings. The molecule has 0 saturated heterocycles. The van der Waals surface area contributed by atoms with Gasteiger partial charge in [0.2, 0.25) is 0 Å². The van der Waals surface area contributed by atoms with Crippen molar-refractivity contribution in [2.24, 2.45) is 5.41 Å². The van der Waals surface area contributed by atoms with Gasteiger partial charge in [-0.05, 0) is 49.8 Å². The molecule has 0 N–H and O–H groups in total. The highest BCUT2D eigenvalue weighted by Crippen LogP contribution is 2.40. The number of carbonyl (C=O) groups is 1. The van der Waals surface area contributed by atoms with Crippen molar-refractivity contribution in [1.82, 2.24) is 9.97 Å². The van der Waals surface area contributed by atoms with E-state index in [1.54, 1.807) is 6.20 Å². The molecule has 0 aliphatic heterocycles. The van der Waals surface area contributed by atoms with Crippen LogP contribution >= 0.6 is 43.2 Å². The number of hydrogen-bond donors (Lipinski definition) is 0. The van der Waals surface area contributed by atoms with Crippen molar-refractivity contribution >= 4 is 49.0 Å². The molecule has 0 aromatic carbocycles. The summed E-state index contributed by atoms with van der Waals surface area (Å²) in [6, 6.07) is 1.94. The second kappa shape index (κ2) is 5.00. The van der Waals surface area contributed by atoms with E-state index >= 15 is 0 Å². The molecule has 0 spiro atoms. The lowest BCUT2D eigenvalue weighted by Crippen LogP contribution is -2.25. The van der Waals surface area contributed by atoms with Gasteiger partial charge in [0.05, 0.1) is 10.6 Å². The maximum absolute atomic E-state index is 12.2. The van der Waals surface area contributed by atoms with Gasteiger partial charge in [-0.3, -0.25) is 9.78 Å². The van der Waals surface area contributed by atoms with Crippen LogP contribution in [0.1, 0.15) is 35.6 Å². The zero-order valence-electron chi connectivity index (χ0n) is 11.0. The Morgan fingerprint density at radius 2 is 2.05 bits per heavy atom. The summed E-state index contributed by atoms with van der Waals surface area (Å²) in [7, 11) is 0. The fourth-order valence-corrected chi connectivity index (χ4v) is 4.73. The summed E-state index contributed by atoms with van der Waals surface area (Å²) >= 11 is 8.34. The number of Topliss-reactive ketones (excluding diaryl/α,β-unsaturated/α-hetero) is 1. The number of thiazole rings is 1. The van der Waals surface area contributed by atoms with Crippen LogP contribution in [-0.2, 0) is 6.42 Å². The Morgan fingerprint density at radius 1 is 1.30 bits per heavy atom. The van der Waals surface area contributed by atoms with Crippen molar-refractivity contribution in [3.05, 3.63) is 31.8 Å². The fraction of sp³-hybridized carbons (Fsp3) is 0.357. The van der Waals surface area contributed by atoms with Gasteiger partial charge in [-0.1, -0.05) is 13.8 Å². The van der Waals surface area contributed by atoms with Gasteiger partial charge in [-0.15, -0.1) is 11.3 Å². The normalized spacial score (nSPS) is 17.1. The number of ketones is 1. The van der Waals surface area contributed by atoms with E-state index in [1.165, 1.54) is 11.3 Å². The molecule has 0 unspecified atom stereocenters. The van der Waals surface area contributed by atoms with Crippen LogP contribution in [-0.4, -0.2) is 15.8 Å². The third-order valence-electron chi connectivity index (χ3n) is 3.25. The van der Waals surface area contributed by atoms with Crippen molar-refractivity contribution in [2.45, 2.75) is 26.7 Å². The van der Waals surface area contributed by atoms with Gasteiger partial charge in [-0.25, -0.2) is 4.98 Å². The minimum atomic E-state index is -0.000195. The summed E-state index contributed by atoms with van der Waals surface area (Å²) in [6.45, 7) is 4.22. The van der Waals surface area contributed by atoms with Crippen LogP contribution in [0.2, 0.25) is 0 Å². The zero-order chi connectivity index (χ0) is 14.5. The van der Waals surface area contributed by atoms with E-state index in [9.17, 15) is 4.79 Å². The zero-order valence-corrected chi connectivity index (χ0v) is 15.0. The predicted molar refractivity (Wildman–Crippen MR) is 87.2 cm³/mol. The van der Waals surface area contributed by atoms with Crippen molar-refractivity contribution in [2.75, 3.05) is 0 Å². The Hall–Kier alpha value is -0.590. The first kappa shape index (κ1) is 14.4. The van der Waals surface area contributed by atoms with Gasteiger partial charge in [0.15, 0.2) is 5.78 Å². The molecule has 0 atom stereocenters. The number of rotatable bonds is 1. The van der Waals surface area contributed by atoms with Gasteiger partial charge >= 0.3 is 0 Å². The minimum absolute atomic E-state index is 0.000195. The van der Waals surface area contributed by atoms with Gasteiger partial charge < -0.3 is 0 Å². The summed E-state index contributed by atoms with van der Waals surface area (Å²) < 4.78 is 1.79. The number of halogens is 2. The quantitative estimate of drug-likeness (QED) is 0.666. The standard InChI is InChI=1S/C14H12Br2N2OS/c1-14(2)4-9-12(10(19)5-14)20-13(18-9)11-8(16)3-7(15)6-17-11/h3,6H,4-5H2,1-2H3. The molecule has 20 heavy (non-hydrogen) atoms. The van der Waals surface area contributed by atoms with Crippen LogP contribution in [0.25, 0.3) is 10.7 Å². The highest BCUT2D eigenvalue weighted by molar-refractivity contribution is 9.11. The Bertz CT molecular complexity index is 709. The van der Waals surface area contributed by atoms with Crippen molar-refractivity contribution < 1.29 is 4.79 Å². The largest absolute Gasteiger partial charge is 0.293 e. The summed E-state index contributed by atoms with van der Waals surface area (Å²) in [6.07, 6.45) is 3.18. The molecule has 1 aliphatic carbocycles. The average molecular weight is 416 g/mol. The molecule has 2 aromatic heterocycles. The lowest BCUT2D eigenvalue weighted by atomic mass is 9.78. The summed E-state index contributed by atoms with van der Waals surface area (Å²) in [5.41, 5.74) is 1.71. The first-order chi connectivity index (χ1) is 9.35. The number of pyridine rings is 1. The molecule has 2 heterocycles. The maximum atomic E-state index is 12.2. The topological polar surface area (TPSA) is 42.9 Å². The number of aromatic nitrogens is 2. The summed E-state index contributed by atoms with van der Waals surface area (Å²) in [5, 5.41) is 0.806. The fourth-order valence-electron chi connectivity index (χ4n) is 2.39. The SMILES string of the molecule is CC1(C)CC(=O)c2sc(-c3ncc(Br)cc3Br)nc2C1. The molecule has 104 valence electrons. The first-order valence-corrected chi connectivity index (χ1v) is 8.60. The van der Waals surface area contributed by atoms with E-state index in [-0.39, 0.29) is 11.2 Å². The molecular formula is C14H12Br2N2OS. The summed E-state index contributed by atoms with van der Waals surface area (Å²) in [5.74, 6) is 0.202. The maximum Gasteiger partial charge on any atom is 0.175 e. The average Bonchev–Trinajstić information content (AvgIpc) is 2.70. The van der Waals surface area contributed by atoms with Crippen molar-refractivity contribution in [1.29, 1.82) is 0 Å². The second-order valence-corrected chi connectivity index (χ2v) is 8.49. The van der Waals surface area contributed by atoms with E-state index in [4.69, 9.17) is 0 Å². The van der Waals surface area contributed by atoms with Crippen LogP contribution in [0.4, 0.5) is 0 Å². The van der Waals surface area contributed by atoms with Crippen LogP contribution < -0.4 is 0 Å². The molecule has 6 heteroatoms. The van der Waals surface area contributed by atoms with E-state index in [1.807, 2.05) is 6.07 Å². The molecular weight excluding hydrogens is 404 g/mol. The Labute approximate surface area is 138 Å². The van der Waals surface area contributed by atoms with E-state index < -0.39 is 0 Å². The number of fused-ring (bicyclic) bond motifs is 1. The number of hydrogen-bond acceptors (Lipinski definition) is 4. The highest BCUT2D eigenvalue weighted by Gasteiger charge is 2.34. The highest BCUT2D eigenvalue weighted by atomic mass is 79.9. The number of nitrogens with zero attached hydrogens (tertiary/aromatic N) is 2. The van der Waals surface area contributed by atoms with Crippen LogP contribution in [0.15, 0.2) is 21.2 Å². The van der Waals surface area contributed by atoms with E-state index in [0.29, 0.717) is 6.42 Å². The predicted octanol–water partition coefficient (Wildman–Crippen LogP) is 4.89. The molecule has 0 amide bonds. The lowest BCUT2D eigenvalue weighted by molar-refractivity contribution is 0.0916. The molecule has 0 radical (unpaired) electrons. The van der Waals surface area contributed by atoms with Crippen molar-refractivity contribution in [3.63, 3.8) is 0 Å². The van der Waals surface area contributed by atoms with Gasteiger partial charge in [0.25, 0.3) is 0 Å². The Balaban J connectivity index is 2.08. The third-order valence-corrected chi connectivity index (χ3v) is 5.43. The third kappa shape index (κ3) is 2.61. The first-order valence-electron chi connectivity index (χ1n) is 6.20. The van der Waals surface area contributed by atoms with Crippen LogP contribution in [0.3, 0.4) is 0 Å². The minimum Gasteiger partial charge on any atom is -0.293 e. The number of carbonyl (C=O) groups excluding carboxylic acids is 1. The van der Waals surface area contributed by atoms with Crippen LogP contribution in [0, 0.1) is 5.41 Å². The monoisotopic (exact) mass is 414 g/mol. The van der Waals surface area contributed by atoms with Gasteiger partial charge in [0, 0.05) is 21.6 Å². The molecule has 0 saturated carbocycles. The van der Waals surface area contributed by atoms with Crippen molar-refractivity contribution in [3.8, 4) is 10.7 Å². The molecule has 3 nitrogen and oxygen atoms in total.